The average Bonchev–Trinajstić information content (AvgIpc) is 2.29. The molecule has 17 heavy (non-hydrogen) atoms. The van der Waals surface area contributed by atoms with E-state index < -0.39 is 0 Å². The largest absolute Gasteiger partial charge is 0.492 e. The molecule has 1 aromatic rings. The number of nitrogens with one attached hydrogen (secondary N) is 1. The van der Waals surface area contributed by atoms with E-state index in [0.717, 1.165) is 30.9 Å². The highest BCUT2D eigenvalue weighted by atomic mass is 16.5. The lowest BCUT2D eigenvalue weighted by atomic mass is 9.89. The molecule has 0 aromatic heterocycles. The first kappa shape index (κ1) is 12.2. The van der Waals surface area contributed by atoms with Gasteiger partial charge in [0.25, 0.3) is 0 Å². The molecular weight excluding hydrogens is 214 g/mol. The molecule has 0 heterocycles. The highest BCUT2D eigenvalue weighted by molar-refractivity contribution is 5.57. The van der Waals surface area contributed by atoms with Crippen molar-refractivity contribution in [3.8, 4) is 5.75 Å². The Kier molecular flexibility index (Phi) is 4.26. The van der Waals surface area contributed by atoms with Crippen molar-refractivity contribution in [2.24, 2.45) is 0 Å². The van der Waals surface area contributed by atoms with Crippen molar-refractivity contribution in [3.63, 3.8) is 0 Å². The Labute approximate surface area is 103 Å². The van der Waals surface area contributed by atoms with Gasteiger partial charge in [0.2, 0.25) is 0 Å². The minimum atomic E-state index is 0.441. The molecule has 1 aliphatic rings. The van der Waals surface area contributed by atoms with Crippen LogP contribution >= 0.6 is 0 Å². The predicted octanol–water partition coefficient (Wildman–Crippen LogP) is 3.06. The molecule has 0 amide bonds. The van der Waals surface area contributed by atoms with Crippen molar-refractivity contribution in [1.29, 1.82) is 0 Å². The lowest BCUT2D eigenvalue weighted by Gasteiger charge is -2.36. The van der Waals surface area contributed by atoms with E-state index in [1.165, 1.54) is 0 Å². The smallest absolute Gasteiger partial charge is 0.142 e. The van der Waals surface area contributed by atoms with Crippen molar-refractivity contribution >= 4 is 5.69 Å². The summed E-state index contributed by atoms with van der Waals surface area (Å²) in [6.45, 7) is 5.56. The number of hydrogen-bond donors (Lipinski definition) is 1. The quantitative estimate of drug-likeness (QED) is 0.822. The third-order valence-corrected chi connectivity index (χ3v) is 3.04. The standard InChI is InChI=1S/C14H21NO2/c1-3-16-12-9-11(10-12)15-13-7-5-6-8-14(13)17-4-2/h5-8,11-12,15H,3-4,9-10H2,1-2H3. The van der Waals surface area contributed by atoms with Crippen LogP contribution in [0.1, 0.15) is 26.7 Å². The van der Waals surface area contributed by atoms with E-state index in [9.17, 15) is 0 Å². The summed E-state index contributed by atoms with van der Waals surface area (Å²) in [6, 6.07) is 8.63. The van der Waals surface area contributed by atoms with Crippen LogP contribution in [0, 0.1) is 0 Å². The van der Waals surface area contributed by atoms with Crippen molar-refractivity contribution < 1.29 is 9.47 Å². The van der Waals surface area contributed by atoms with Crippen molar-refractivity contribution in [2.75, 3.05) is 18.5 Å². The van der Waals surface area contributed by atoms with E-state index in [0.29, 0.717) is 18.8 Å². The molecule has 0 saturated heterocycles. The van der Waals surface area contributed by atoms with E-state index in [4.69, 9.17) is 9.47 Å². The zero-order chi connectivity index (χ0) is 12.1. The van der Waals surface area contributed by atoms with Gasteiger partial charge in [0.15, 0.2) is 0 Å². The number of benzene rings is 1. The second kappa shape index (κ2) is 5.92. The summed E-state index contributed by atoms with van der Waals surface area (Å²) >= 11 is 0. The van der Waals surface area contributed by atoms with Crippen LogP contribution in [0.5, 0.6) is 5.75 Å². The topological polar surface area (TPSA) is 30.5 Å². The zero-order valence-electron chi connectivity index (χ0n) is 10.6. The Morgan fingerprint density at radius 2 is 1.94 bits per heavy atom. The van der Waals surface area contributed by atoms with Crippen LogP contribution in [0.15, 0.2) is 24.3 Å². The molecule has 3 nitrogen and oxygen atoms in total. The summed E-state index contributed by atoms with van der Waals surface area (Å²) in [5.74, 6) is 0.940. The van der Waals surface area contributed by atoms with Crippen LogP contribution in [-0.4, -0.2) is 25.4 Å². The number of rotatable bonds is 6. The van der Waals surface area contributed by atoms with Gasteiger partial charge in [-0.2, -0.15) is 0 Å². The van der Waals surface area contributed by atoms with Crippen molar-refractivity contribution in [1.82, 2.24) is 0 Å². The third kappa shape index (κ3) is 3.13. The molecule has 0 bridgehead atoms. The molecule has 0 aliphatic heterocycles. The molecule has 1 saturated carbocycles. The van der Waals surface area contributed by atoms with Gasteiger partial charge < -0.3 is 14.8 Å². The van der Waals surface area contributed by atoms with Gasteiger partial charge in [0.1, 0.15) is 5.75 Å². The van der Waals surface area contributed by atoms with Crippen LogP contribution in [0.4, 0.5) is 5.69 Å². The number of ether oxygens (including phenoxy) is 2. The molecule has 2 rings (SSSR count). The highest BCUT2D eigenvalue weighted by Crippen LogP contribution is 2.31. The van der Waals surface area contributed by atoms with Gasteiger partial charge in [-0.15, -0.1) is 0 Å². The van der Waals surface area contributed by atoms with Gasteiger partial charge in [0.05, 0.1) is 18.4 Å². The first-order valence-electron chi connectivity index (χ1n) is 6.43. The summed E-state index contributed by atoms with van der Waals surface area (Å²) in [5.41, 5.74) is 1.09. The molecule has 1 aromatic carbocycles. The van der Waals surface area contributed by atoms with Crippen LogP contribution < -0.4 is 10.1 Å². The minimum Gasteiger partial charge on any atom is -0.492 e. The second-order valence-corrected chi connectivity index (χ2v) is 4.32. The number of anilines is 1. The SMILES string of the molecule is CCOc1ccccc1NC1CC(OCC)C1. The maximum atomic E-state index is 5.59. The maximum absolute atomic E-state index is 5.59. The summed E-state index contributed by atoms with van der Waals surface area (Å²) in [4.78, 5) is 0. The maximum Gasteiger partial charge on any atom is 0.142 e. The van der Waals surface area contributed by atoms with Crippen LogP contribution in [0.3, 0.4) is 0 Å². The number of hydrogen-bond acceptors (Lipinski definition) is 3. The normalized spacial score (nSPS) is 22.9. The molecule has 0 unspecified atom stereocenters. The lowest BCUT2D eigenvalue weighted by Crippen LogP contribution is -2.40. The molecule has 1 N–H and O–H groups in total. The van der Waals surface area contributed by atoms with Gasteiger partial charge in [-0.05, 0) is 38.8 Å². The van der Waals surface area contributed by atoms with Crippen LogP contribution in [-0.2, 0) is 4.74 Å². The summed E-state index contributed by atoms with van der Waals surface area (Å²) in [7, 11) is 0. The summed E-state index contributed by atoms with van der Waals surface area (Å²) in [6.07, 6.45) is 2.62. The fraction of sp³-hybridized carbons (Fsp3) is 0.571. The van der Waals surface area contributed by atoms with E-state index in [1.807, 2.05) is 32.0 Å². The summed E-state index contributed by atoms with van der Waals surface area (Å²) < 4.78 is 11.1. The monoisotopic (exact) mass is 235 g/mol. The van der Waals surface area contributed by atoms with E-state index >= 15 is 0 Å². The Balaban J connectivity index is 1.87. The van der Waals surface area contributed by atoms with Gasteiger partial charge in [0, 0.05) is 12.6 Å². The lowest BCUT2D eigenvalue weighted by molar-refractivity contribution is 0.00294. The van der Waals surface area contributed by atoms with Gasteiger partial charge >= 0.3 is 0 Å². The molecule has 1 fully saturated rings. The van der Waals surface area contributed by atoms with Crippen molar-refractivity contribution in [2.45, 2.75) is 38.8 Å². The molecule has 0 atom stereocenters. The molecule has 0 radical (unpaired) electrons. The van der Waals surface area contributed by atoms with E-state index in [-0.39, 0.29) is 0 Å². The molecule has 3 heteroatoms. The average molecular weight is 235 g/mol. The molecule has 94 valence electrons. The fourth-order valence-electron chi connectivity index (χ4n) is 2.14. The Bertz CT molecular complexity index is 348. The first-order valence-corrected chi connectivity index (χ1v) is 6.43. The molecular formula is C14H21NO2. The minimum absolute atomic E-state index is 0.441. The van der Waals surface area contributed by atoms with Crippen molar-refractivity contribution in [3.05, 3.63) is 24.3 Å². The van der Waals surface area contributed by atoms with Gasteiger partial charge in [-0.1, -0.05) is 12.1 Å². The van der Waals surface area contributed by atoms with E-state index in [2.05, 4.69) is 11.4 Å². The third-order valence-electron chi connectivity index (χ3n) is 3.04. The summed E-state index contributed by atoms with van der Waals surface area (Å²) in [5, 5.41) is 3.52. The second-order valence-electron chi connectivity index (χ2n) is 4.32. The molecule has 1 aliphatic carbocycles. The zero-order valence-corrected chi connectivity index (χ0v) is 10.6. The number of para-hydroxylation sites is 2. The van der Waals surface area contributed by atoms with Crippen LogP contribution in [0.2, 0.25) is 0 Å². The highest BCUT2D eigenvalue weighted by Gasteiger charge is 2.29. The van der Waals surface area contributed by atoms with E-state index in [1.54, 1.807) is 0 Å². The van der Waals surface area contributed by atoms with Gasteiger partial charge in [-0.3, -0.25) is 0 Å². The van der Waals surface area contributed by atoms with Crippen LogP contribution in [0.25, 0.3) is 0 Å². The molecule has 0 spiro atoms. The van der Waals surface area contributed by atoms with Gasteiger partial charge in [-0.25, -0.2) is 0 Å². The Morgan fingerprint density at radius 1 is 1.18 bits per heavy atom. The predicted molar refractivity (Wildman–Crippen MR) is 69.7 cm³/mol. The Hall–Kier alpha value is -1.22. The first-order chi connectivity index (χ1) is 8.33. The fourth-order valence-corrected chi connectivity index (χ4v) is 2.14. The Morgan fingerprint density at radius 3 is 2.65 bits per heavy atom.